The predicted octanol–water partition coefficient (Wildman–Crippen LogP) is 2.28. The van der Waals surface area contributed by atoms with Crippen LogP contribution in [0, 0.1) is 23.7 Å². The van der Waals surface area contributed by atoms with E-state index in [1.807, 2.05) is 0 Å². The van der Waals surface area contributed by atoms with E-state index in [9.17, 15) is 0 Å². The molecule has 0 spiro atoms. The molecule has 0 radical (unpaired) electrons. The molecule has 136 valence electrons. The molecule has 0 aliphatic heterocycles. The fraction of sp³-hybridized carbons (Fsp3) is 1.00. The summed E-state index contributed by atoms with van der Waals surface area (Å²) in [6, 6.07) is 0. The van der Waals surface area contributed by atoms with Crippen LogP contribution in [0.4, 0.5) is 0 Å². The first-order valence-corrected chi connectivity index (χ1v) is 12.3. The van der Waals surface area contributed by atoms with Gasteiger partial charge in [0.15, 0.2) is 0 Å². The molecule has 0 bridgehead atoms. The molecule has 23 heavy (non-hydrogen) atoms. The summed E-state index contributed by atoms with van der Waals surface area (Å²) in [5.74, 6) is 2.57. The van der Waals surface area contributed by atoms with E-state index in [0.29, 0.717) is 23.7 Å². The van der Waals surface area contributed by atoms with Gasteiger partial charge in [-0.25, -0.2) is 0 Å². The van der Waals surface area contributed by atoms with E-state index < -0.39 is 31.8 Å². The molecule has 0 aromatic carbocycles. The van der Waals surface area contributed by atoms with E-state index in [1.54, 1.807) is 0 Å². The summed E-state index contributed by atoms with van der Waals surface area (Å²) in [4.78, 5) is 0. The van der Waals surface area contributed by atoms with Gasteiger partial charge in [0.2, 0.25) is 0 Å². The SMILES string of the molecule is CC(C)C[O][AlH2-][O]CC(C)C.CC(C)C[O][AlH2-][O]CC(C)C.[Ca+2]. The van der Waals surface area contributed by atoms with Gasteiger partial charge >= 0.3 is 69.5 Å². The van der Waals surface area contributed by atoms with Crippen LogP contribution in [0.3, 0.4) is 0 Å². The summed E-state index contributed by atoms with van der Waals surface area (Å²) in [5.41, 5.74) is 0. The molecule has 0 rings (SSSR count). The van der Waals surface area contributed by atoms with Gasteiger partial charge in [-0.1, -0.05) is 55.4 Å². The van der Waals surface area contributed by atoms with Crippen molar-refractivity contribution in [1.29, 1.82) is 0 Å². The summed E-state index contributed by atoms with van der Waals surface area (Å²) in [6.07, 6.45) is 0. The van der Waals surface area contributed by atoms with Crippen molar-refractivity contribution in [3.05, 3.63) is 0 Å². The predicted molar refractivity (Wildman–Crippen MR) is 106 cm³/mol. The first-order valence-electron chi connectivity index (χ1n) is 9.04. The Hall–Kier alpha value is 2.16. The van der Waals surface area contributed by atoms with Crippen LogP contribution in [0.5, 0.6) is 0 Å². The van der Waals surface area contributed by atoms with Gasteiger partial charge < -0.3 is 15.2 Å². The molecular formula is C16H40Al2CaO4. The normalized spacial score (nSPS) is 11.0. The third-order valence-electron chi connectivity index (χ3n) is 2.47. The monoisotopic (exact) mass is 390 g/mol. The second-order valence-electron chi connectivity index (χ2n) is 7.73. The molecule has 0 unspecified atom stereocenters. The Morgan fingerprint density at radius 3 is 0.783 bits per heavy atom. The second kappa shape index (κ2) is 22.2. The van der Waals surface area contributed by atoms with Crippen LogP contribution in [0.2, 0.25) is 0 Å². The van der Waals surface area contributed by atoms with Gasteiger partial charge in [-0.15, -0.1) is 0 Å². The van der Waals surface area contributed by atoms with Gasteiger partial charge in [0.05, 0.1) is 0 Å². The number of hydrogen-bond acceptors (Lipinski definition) is 4. The van der Waals surface area contributed by atoms with Gasteiger partial charge in [-0.3, -0.25) is 0 Å². The van der Waals surface area contributed by atoms with Gasteiger partial charge in [0.1, 0.15) is 0 Å². The summed E-state index contributed by atoms with van der Waals surface area (Å²) >= 11 is -2.24. The summed E-state index contributed by atoms with van der Waals surface area (Å²) in [6.45, 7) is 20.8. The van der Waals surface area contributed by atoms with E-state index in [-0.39, 0.29) is 37.7 Å². The molecule has 0 saturated heterocycles. The van der Waals surface area contributed by atoms with Crippen molar-refractivity contribution >= 4 is 69.5 Å². The Labute approximate surface area is 188 Å². The molecule has 0 N–H and O–H groups in total. The van der Waals surface area contributed by atoms with Crippen molar-refractivity contribution in [3.63, 3.8) is 0 Å². The fourth-order valence-electron chi connectivity index (χ4n) is 1.77. The Morgan fingerprint density at radius 2 is 0.652 bits per heavy atom. The Morgan fingerprint density at radius 1 is 0.478 bits per heavy atom. The first-order chi connectivity index (χ1) is 10.3. The molecule has 0 aliphatic carbocycles. The van der Waals surface area contributed by atoms with E-state index in [1.165, 1.54) is 0 Å². The van der Waals surface area contributed by atoms with Crippen LogP contribution in [-0.4, -0.2) is 95.9 Å². The molecule has 0 amide bonds. The molecule has 0 aromatic heterocycles. The quantitative estimate of drug-likeness (QED) is 0.378. The zero-order valence-electron chi connectivity index (χ0n) is 17.5. The van der Waals surface area contributed by atoms with Crippen molar-refractivity contribution in [2.45, 2.75) is 55.4 Å². The average molecular weight is 391 g/mol. The Bertz CT molecular complexity index is 176. The molecule has 0 aromatic rings. The maximum Gasteiger partial charge on any atom is 2.00 e. The summed E-state index contributed by atoms with van der Waals surface area (Å²) in [5, 5.41) is 0. The number of hydrogen-bond donors (Lipinski definition) is 0. The minimum atomic E-state index is -1.12. The first kappa shape index (κ1) is 29.9. The average Bonchev–Trinajstić information content (AvgIpc) is 2.37. The fourth-order valence-corrected chi connectivity index (χ4v) is 5.32. The Balaban J connectivity index is -0.000000333. The van der Waals surface area contributed by atoms with E-state index in [4.69, 9.17) is 15.2 Å². The molecule has 7 heteroatoms. The van der Waals surface area contributed by atoms with E-state index in [0.717, 1.165) is 26.4 Å². The summed E-state index contributed by atoms with van der Waals surface area (Å²) in [7, 11) is 0. The molecule has 4 nitrogen and oxygen atoms in total. The minimum Gasteiger partial charge on any atom is -0.641 e. The standard InChI is InChI=1S/4C4H9O.2Al.Ca.4H/c4*1-4(2)3-5;;;;;;;/h4*4H,3H2,1-2H3;;;;;;;/q4*-1;2*+1;+2;;;;. The molecule has 0 aliphatic rings. The van der Waals surface area contributed by atoms with Crippen molar-refractivity contribution in [2.24, 2.45) is 23.7 Å². The minimum absolute atomic E-state index is 0. The van der Waals surface area contributed by atoms with Crippen LogP contribution in [0.25, 0.3) is 0 Å². The third-order valence-corrected chi connectivity index (χ3v) is 4.75. The van der Waals surface area contributed by atoms with Crippen LogP contribution in [-0.2, 0) is 15.2 Å². The molecule has 0 fully saturated rings. The zero-order valence-corrected chi connectivity index (χ0v) is 23.7. The van der Waals surface area contributed by atoms with Gasteiger partial charge in [0, 0.05) is 0 Å². The van der Waals surface area contributed by atoms with Crippen LogP contribution < -0.4 is 0 Å². The smallest absolute Gasteiger partial charge is 0.641 e. The molecule has 0 saturated carbocycles. The number of rotatable bonds is 12. The van der Waals surface area contributed by atoms with Crippen LogP contribution in [0.15, 0.2) is 0 Å². The van der Waals surface area contributed by atoms with Crippen molar-refractivity contribution in [1.82, 2.24) is 0 Å². The van der Waals surface area contributed by atoms with Crippen molar-refractivity contribution < 1.29 is 15.2 Å². The topological polar surface area (TPSA) is 36.9 Å². The second-order valence-corrected chi connectivity index (χ2v) is 10.7. The molecule has 0 atom stereocenters. The van der Waals surface area contributed by atoms with Gasteiger partial charge in [-0.2, -0.15) is 0 Å². The maximum absolute atomic E-state index is 5.42. The zero-order chi connectivity index (χ0) is 17.4. The van der Waals surface area contributed by atoms with Crippen molar-refractivity contribution in [2.75, 3.05) is 26.4 Å². The Kier molecular flexibility index (Phi) is 28.9. The van der Waals surface area contributed by atoms with E-state index >= 15 is 0 Å². The largest absolute Gasteiger partial charge is 2.00 e. The van der Waals surface area contributed by atoms with Crippen LogP contribution >= 0.6 is 0 Å². The molecular weight excluding hydrogens is 350 g/mol. The third kappa shape index (κ3) is 36.0. The van der Waals surface area contributed by atoms with Gasteiger partial charge in [-0.05, 0) is 50.1 Å². The maximum atomic E-state index is 5.42. The summed E-state index contributed by atoms with van der Waals surface area (Å²) < 4.78 is 21.7. The van der Waals surface area contributed by atoms with E-state index in [2.05, 4.69) is 55.4 Å². The molecule has 0 heterocycles. The van der Waals surface area contributed by atoms with Crippen molar-refractivity contribution in [3.8, 4) is 0 Å². The van der Waals surface area contributed by atoms with Gasteiger partial charge in [0.25, 0.3) is 0 Å². The van der Waals surface area contributed by atoms with Crippen LogP contribution in [0.1, 0.15) is 55.4 Å².